The van der Waals surface area contributed by atoms with Gasteiger partial charge in [0.15, 0.2) is 0 Å². The summed E-state index contributed by atoms with van der Waals surface area (Å²) in [6.07, 6.45) is 3.31. The number of carbonyl (C=O) groups is 2. The van der Waals surface area contributed by atoms with E-state index in [1.165, 1.54) is 12.4 Å². The van der Waals surface area contributed by atoms with Crippen molar-refractivity contribution < 1.29 is 19.8 Å². The van der Waals surface area contributed by atoms with Crippen LogP contribution in [0.15, 0.2) is 83.0 Å². The van der Waals surface area contributed by atoms with Gasteiger partial charge in [-0.25, -0.2) is 10.9 Å². The van der Waals surface area contributed by atoms with Gasteiger partial charge < -0.3 is 10.2 Å². The summed E-state index contributed by atoms with van der Waals surface area (Å²) in [5.74, 6) is -0.567. The van der Waals surface area contributed by atoms with Gasteiger partial charge in [0.05, 0.1) is 12.4 Å². The number of phenolic OH excluding ortho intramolecular Hbond substituents is 2. The zero-order valence-corrected chi connectivity index (χ0v) is 18.8. The van der Waals surface area contributed by atoms with E-state index >= 15 is 0 Å². The summed E-state index contributed by atoms with van der Waals surface area (Å²) in [6, 6.07) is 21.9. The first kappa shape index (κ1) is 23.4. The Bertz CT molecular complexity index is 1340. The molecule has 176 valence electrons. The minimum Gasteiger partial charge on any atom is -0.507 e. The zero-order chi connectivity index (χ0) is 24.6. The summed E-state index contributed by atoms with van der Waals surface area (Å²) >= 11 is 0. The van der Waals surface area contributed by atoms with E-state index in [4.69, 9.17) is 0 Å². The number of benzene rings is 4. The Labute approximate surface area is 201 Å². The monoisotopic (exact) mass is 468 g/mol. The number of fused-ring (bicyclic) bond motifs is 2. The minimum atomic E-state index is -0.349. The quantitative estimate of drug-likeness (QED) is 0.229. The van der Waals surface area contributed by atoms with E-state index in [2.05, 4.69) is 21.1 Å². The highest BCUT2D eigenvalue weighted by molar-refractivity contribution is 6.03. The highest BCUT2D eigenvalue weighted by atomic mass is 16.3. The fourth-order valence-electron chi connectivity index (χ4n) is 3.70. The molecule has 0 radical (unpaired) electrons. The number of aromatic hydroxyl groups is 2. The Kier molecular flexibility index (Phi) is 7.32. The van der Waals surface area contributed by atoms with Gasteiger partial charge in [0.25, 0.3) is 0 Å². The van der Waals surface area contributed by atoms with Gasteiger partial charge in [0.2, 0.25) is 11.8 Å². The molecule has 4 aromatic carbocycles. The molecular formula is C27H24N4O4. The second-order valence-corrected chi connectivity index (χ2v) is 7.88. The van der Waals surface area contributed by atoms with Crippen molar-refractivity contribution in [2.75, 3.05) is 0 Å². The van der Waals surface area contributed by atoms with Crippen LogP contribution in [0.3, 0.4) is 0 Å². The largest absolute Gasteiger partial charge is 0.507 e. The molecule has 0 bridgehead atoms. The molecular weight excluding hydrogens is 444 g/mol. The predicted octanol–water partition coefficient (Wildman–Crippen LogP) is 4.17. The van der Waals surface area contributed by atoms with Gasteiger partial charge in [-0.3, -0.25) is 9.59 Å². The molecule has 35 heavy (non-hydrogen) atoms. The Morgan fingerprint density at radius 3 is 1.54 bits per heavy atom. The maximum atomic E-state index is 12.0. The van der Waals surface area contributed by atoms with Crippen LogP contribution in [-0.2, 0) is 9.59 Å². The minimum absolute atomic E-state index is 0.0655. The van der Waals surface area contributed by atoms with Crippen LogP contribution in [0.5, 0.6) is 11.5 Å². The summed E-state index contributed by atoms with van der Waals surface area (Å²) in [6.45, 7) is 0. The maximum Gasteiger partial charge on any atom is 0.240 e. The molecule has 0 atom stereocenters. The lowest BCUT2D eigenvalue weighted by molar-refractivity contribution is -0.122. The average Bonchev–Trinajstić information content (AvgIpc) is 2.86. The maximum absolute atomic E-state index is 12.0. The molecule has 8 nitrogen and oxygen atoms in total. The lowest BCUT2D eigenvalue weighted by atomic mass is 10.0. The lowest BCUT2D eigenvalue weighted by Gasteiger charge is -2.05. The van der Waals surface area contributed by atoms with Crippen molar-refractivity contribution in [1.82, 2.24) is 10.9 Å². The van der Waals surface area contributed by atoms with Crippen molar-refractivity contribution in [3.05, 3.63) is 83.9 Å². The number of nitrogens with one attached hydrogen (secondary N) is 2. The van der Waals surface area contributed by atoms with Crippen LogP contribution < -0.4 is 10.9 Å². The number of phenols is 2. The first-order valence-corrected chi connectivity index (χ1v) is 11.1. The van der Waals surface area contributed by atoms with Crippen LogP contribution in [0.4, 0.5) is 0 Å². The number of hydrogen-bond acceptors (Lipinski definition) is 6. The number of rotatable bonds is 8. The van der Waals surface area contributed by atoms with E-state index in [1.807, 2.05) is 48.5 Å². The van der Waals surface area contributed by atoms with Crippen LogP contribution in [0.25, 0.3) is 21.5 Å². The highest BCUT2D eigenvalue weighted by Gasteiger charge is 2.07. The Hall–Kier alpha value is -4.72. The molecule has 8 heteroatoms. The summed E-state index contributed by atoms with van der Waals surface area (Å²) in [7, 11) is 0. The van der Waals surface area contributed by atoms with E-state index in [9.17, 15) is 19.8 Å². The van der Waals surface area contributed by atoms with Crippen molar-refractivity contribution in [3.63, 3.8) is 0 Å². The number of carbonyl (C=O) groups excluding carboxylic acids is 2. The normalized spacial score (nSPS) is 11.4. The molecule has 0 aliphatic rings. The summed E-state index contributed by atoms with van der Waals surface area (Å²) in [4.78, 5) is 24.1. The lowest BCUT2D eigenvalue weighted by Crippen LogP contribution is -2.20. The van der Waals surface area contributed by atoms with E-state index in [-0.39, 0.29) is 36.2 Å². The molecule has 0 saturated carbocycles. The molecule has 0 heterocycles. The fourth-order valence-corrected chi connectivity index (χ4v) is 3.70. The molecule has 0 saturated heterocycles. The van der Waals surface area contributed by atoms with Gasteiger partial charge in [-0.2, -0.15) is 10.2 Å². The second-order valence-electron chi connectivity index (χ2n) is 7.88. The van der Waals surface area contributed by atoms with Crippen LogP contribution in [0.1, 0.15) is 30.4 Å². The van der Waals surface area contributed by atoms with E-state index < -0.39 is 0 Å². The first-order chi connectivity index (χ1) is 17.0. The summed E-state index contributed by atoms with van der Waals surface area (Å²) in [5.41, 5.74) is 5.85. The van der Waals surface area contributed by atoms with Crippen molar-refractivity contribution in [2.24, 2.45) is 10.2 Å². The molecule has 4 N–H and O–H groups in total. The molecule has 0 aliphatic heterocycles. The van der Waals surface area contributed by atoms with Crippen LogP contribution in [-0.4, -0.2) is 34.5 Å². The molecule has 2 amide bonds. The van der Waals surface area contributed by atoms with E-state index in [1.54, 1.807) is 24.3 Å². The molecule has 4 aromatic rings. The van der Waals surface area contributed by atoms with Crippen molar-refractivity contribution in [1.29, 1.82) is 0 Å². The Morgan fingerprint density at radius 2 is 1.09 bits per heavy atom. The number of hydrazone groups is 2. The molecule has 0 fully saturated rings. The molecule has 0 spiro atoms. The first-order valence-electron chi connectivity index (χ1n) is 11.1. The van der Waals surface area contributed by atoms with Gasteiger partial charge in [-0.15, -0.1) is 0 Å². The number of nitrogens with zero attached hydrogens (tertiary/aromatic N) is 2. The molecule has 0 aromatic heterocycles. The van der Waals surface area contributed by atoms with Gasteiger partial charge in [-0.1, -0.05) is 60.7 Å². The van der Waals surface area contributed by atoms with Gasteiger partial charge >= 0.3 is 0 Å². The molecule has 0 aliphatic carbocycles. The Morgan fingerprint density at radius 1 is 0.657 bits per heavy atom. The number of hydrogen-bond donors (Lipinski definition) is 4. The van der Waals surface area contributed by atoms with E-state index in [0.29, 0.717) is 17.5 Å². The standard InChI is InChI=1S/C27H24N4O4/c32-24-14-12-18-6-1-3-8-20(18)22(24)16-28-30-26(34)10-5-11-27(35)31-29-17-23-21-9-4-2-7-19(21)13-15-25(23)33/h1-4,6-9,12-17,32-33H,5,10-11H2,(H,30,34)(H,31,35)/b28-16+,29-17+. The molecule has 0 unspecified atom stereocenters. The average molecular weight is 469 g/mol. The van der Waals surface area contributed by atoms with Crippen LogP contribution in [0.2, 0.25) is 0 Å². The predicted molar refractivity (Wildman–Crippen MR) is 137 cm³/mol. The fraction of sp³-hybridized carbons (Fsp3) is 0.111. The third-order valence-electron chi connectivity index (χ3n) is 5.47. The van der Waals surface area contributed by atoms with Gasteiger partial charge in [0, 0.05) is 24.0 Å². The van der Waals surface area contributed by atoms with Crippen molar-refractivity contribution in [2.45, 2.75) is 19.3 Å². The van der Waals surface area contributed by atoms with Crippen molar-refractivity contribution >= 4 is 45.8 Å². The van der Waals surface area contributed by atoms with Crippen LogP contribution >= 0.6 is 0 Å². The second kappa shape index (κ2) is 10.9. The molecule has 4 rings (SSSR count). The van der Waals surface area contributed by atoms with Crippen molar-refractivity contribution in [3.8, 4) is 11.5 Å². The highest BCUT2D eigenvalue weighted by Crippen LogP contribution is 2.26. The summed E-state index contributed by atoms with van der Waals surface area (Å²) in [5, 5.41) is 31.6. The third kappa shape index (κ3) is 5.80. The zero-order valence-electron chi connectivity index (χ0n) is 18.8. The smallest absolute Gasteiger partial charge is 0.240 e. The number of amides is 2. The van der Waals surface area contributed by atoms with Crippen LogP contribution in [0, 0.1) is 0 Å². The van der Waals surface area contributed by atoms with Gasteiger partial charge in [-0.05, 0) is 40.1 Å². The SMILES string of the molecule is O=C(CCCC(=O)N/N=C/c1c(O)ccc2ccccc12)N/N=C/c1c(O)ccc2ccccc12. The summed E-state index contributed by atoms with van der Waals surface area (Å²) < 4.78 is 0. The third-order valence-corrected chi connectivity index (χ3v) is 5.47. The topological polar surface area (TPSA) is 123 Å². The van der Waals surface area contributed by atoms with E-state index in [0.717, 1.165) is 21.5 Å². The van der Waals surface area contributed by atoms with Gasteiger partial charge in [0.1, 0.15) is 11.5 Å². The Balaban J connectivity index is 1.24.